The Morgan fingerprint density at radius 2 is 1.80 bits per heavy atom. The van der Waals surface area contributed by atoms with Crippen molar-refractivity contribution in [1.82, 2.24) is 20.1 Å². The second kappa shape index (κ2) is 14.0. The summed E-state index contributed by atoms with van der Waals surface area (Å²) in [7, 11) is -0.735. The van der Waals surface area contributed by atoms with Gasteiger partial charge in [0.05, 0.1) is 6.04 Å². The molecule has 3 atom stereocenters. The molecule has 45 heavy (non-hydrogen) atoms. The average molecular weight is 657 g/mol. The van der Waals surface area contributed by atoms with Crippen molar-refractivity contribution in [2.75, 3.05) is 13.6 Å². The predicted molar refractivity (Wildman–Crippen MR) is 177 cm³/mol. The van der Waals surface area contributed by atoms with Gasteiger partial charge >= 0.3 is 6.09 Å². The summed E-state index contributed by atoms with van der Waals surface area (Å²) in [6.45, 7) is 12.9. The number of likely N-dealkylation sites (tertiary alicyclic amines) is 1. The summed E-state index contributed by atoms with van der Waals surface area (Å²) in [5, 5.41) is 14.8. The molecule has 10 nitrogen and oxygen atoms in total. The molecule has 2 heterocycles. The highest BCUT2D eigenvalue weighted by Crippen LogP contribution is 2.39. The number of rotatable bonds is 10. The van der Waals surface area contributed by atoms with Gasteiger partial charge in [-0.2, -0.15) is 0 Å². The standard InChI is InChI=1S/C33H48N4O6SSi/c1-21(36(5)32(41)42)29(39)35-27(22-13-9-8-10-14-22)31(40)37-18-12-17-26(37)30-34-25(20-44-30)28(38)23-15-11-16-24(19-23)43-45(6,7)33(2,3)4/h11,15-16,19-22,26-27H,8-10,12-14,17-18H2,1-7H3,(H,35,39)(H,41,42)/t21-,26-,27-/m0/s1. The smallest absolute Gasteiger partial charge is 0.407 e. The third-order valence-electron chi connectivity index (χ3n) is 9.80. The van der Waals surface area contributed by atoms with Crippen LogP contribution < -0.4 is 9.74 Å². The molecular formula is C33H48N4O6SSi. The van der Waals surface area contributed by atoms with Crippen LogP contribution in [0, 0.1) is 5.92 Å². The maximum absolute atomic E-state index is 14.2. The van der Waals surface area contributed by atoms with Crippen molar-refractivity contribution in [3.8, 4) is 5.75 Å². The lowest BCUT2D eigenvalue weighted by atomic mass is 9.83. The van der Waals surface area contributed by atoms with E-state index in [9.17, 15) is 24.3 Å². The minimum absolute atomic E-state index is 0.0203. The van der Waals surface area contributed by atoms with E-state index in [-0.39, 0.29) is 28.7 Å². The van der Waals surface area contributed by atoms with E-state index in [4.69, 9.17) is 9.41 Å². The molecule has 0 unspecified atom stereocenters. The molecule has 0 radical (unpaired) electrons. The monoisotopic (exact) mass is 656 g/mol. The van der Waals surface area contributed by atoms with E-state index in [0.717, 1.165) is 43.4 Å². The molecule has 1 saturated carbocycles. The fraction of sp³-hybridized carbons (Fsp3) is 0.606. The second-order valence-electron chi connectivity index (χ2n) is 13.9. The van der Waals surface area contributed by atoms with Gasteiger partial charge in [0.1, 0.15) is 28.5 Å². The van der Waals surface area contributed by atoms with Gasteiger partial charge in [-0.25, -0.2) is 9.78 Å². The van der Waals surface area contributed by atoms with Crippen molar-refractivity contribution < 1.29 is 28.7 Å². The fourth-order valence-corrected chi connectivity index (χ4v) is 7.74. The number of aromatic nitrogens is 1. The van der Waals surface area contributed by atoms with Gasteiger partial charge in [-0.3, -0.25) is 19.3 Å². The highest BCUT2D eigenvalue weighted by atomic mass is 32.1. The maximum Gasteiger partial charge on any atom is 0.407 e. The van der Waals surface area contributed by atoms with Gasteiger partial charge in [-0.05, 0) is 68.8 Å². The van der Waals surface area contributed by atoms with Crippen molar-refractivity contribution >= 4 is 43.3 Å². The Morgan fingerprint density at radius 1 is 1.11 bits per heavy atom. The Morgan fingerprint density at radius 3 is 2.44 bits per heavy atom. The van der Waals surface area contributed by atoms with Crippen LogP contribution >= 0.6 is 11.3 Å². The molecule has 3 amide bonds. The SMILES string of the molecule is C[C@@H](C(=O)N[C@H](C(=O)N1CCC[C@H]1c1nc(C(=O)c2cccc(O[Si](C)(C)C(C)(C)C)c2)cs1)C1CCCCC1)N(C)C(=O)O. The Labute approximate surface area is 271 Å². The number of carbonyl (C=O) groups excluding carboxylic acids is 3. The van der Waals surface area contributed by atoms with Crippen molar-refractivity contribution in [3.63, 3.8) is 0 Å². The van der Waals surface area contributed by atoms with Gasteiger partial charge in [0.2, 0.25) is 25.9 Å². The van der Waals surface area contributed by atoms with Crippen LogP contribution in [0.2, 0.25) is 18.1 Å². The van der Waals surface area contributed by atoms with Crippen LogP contribution in [-0.4, -0.2) is 77.6 Å². The zero-order valence-electron chi connectivity index (χ0n) is 27.6. The van der Waals surface area contributed by atoms with E-state index in [1.54, 1.807) is 22.4 Å². The summed E-state index contributed by atoms with van der Waals surface area (Å²) in [5.41, 5.74) is 0.837. The van der Waals surface area contributed by atoms with Crippen molar-refractivity contribution in [2.24, 2.45) is 5.92 Å². The summed E-state index contributed by atoms with van der Waals surface area (Å²) >= 11 is 1.37. The first-order valence-corrected chi connectivity index (χ1v) is 19.8. The number of nitrogens with zero attached hydrogens (tertiary/aromatic N) is 3. The van der Waals surface area contributed by atoms with Gasteiger partial charge in [0.25, 0.3) is 0 Å². The third kappa shape index (κ3) is 7.95. The maximum atomic E-state index is 14.2. The number of ketones is 1. The van der Waals surface area contributed by atoms with E-state index in [2.05, 4.69) is 39.2 Å². The van der Waals surface area contributed by atoms with Gasteiger partial charge in [0.15, 0.2) is 0 Å². The molecule has 246 valence electrons. The molecule has 1 aliphatic heterocycles. The predicted octanol–water partition coefficient (Wildman–Crippen LogP) is 6.49. The summed E-state index contributed by atoms with van der Waals surface area (Å²) in [6, 6.07) is 5.29. The van der Waals surface area contributed by atoms with Crippen LogP contribution in [0.1, 0.15) is 99.7 Å². The van der Waals surface area contributed by atoms with Gasteiger partial charge in [-0.15, -0.1) is 11.3 Å². The third-order valence-corrected chi connectivity index (χ3v) is 15.1. The molecular weight excluding hydrogens is 609 g/mol. The van der Waals surface area contributed by atoms with Gasteiger partial charge in [-0.1, -0.05) is 52.2 Å². The molecule has 1 saturated heterocycles. The molecule has 1 aromatic heterocycles. The lowest BCUT2D eigenvalue weighted by Gasteiger charge is -2.36. The van der Waals surface area contributed by atoms with Crippen LogP contribution in [0.4, 0.5) is 4.79 Å². The Bertz CT molecular complexity index is 1400. The Kier molecular flexibility index (Phi) is 10.8. The van der Waals surface area contributed by atoms with Gasteiger partial charge in [0, 0.05) is 24.5 Å². The number of hydrogen-bond donors (Lipinski definition) is 2. The normalized spacial score (nSPS) is 19.1. The molecule has 12 heteroatoms. The number of likely N-dealkylation sites (N-methyl/N-ethyl adjacent to an activating group) is 1. The first kappa shape index (κ1) is 34.6. The Balaban J connectivity index is 1.52. The largest absolute Gasteiger partial charge is 0.543 e. The number of nitrogens with one attached hydrogen (secondary N) is 1. The highest BCUT2D eigenvalue weighted by Gasteiger charge is 2.41. The first-order valence-electron chi connectivity index (χ1n) is 16.0. The zero-order valence-corrected chi connectivity index (χ0v) is 29.4. The minimum Gasteiger partial charge on any atom is -0.543 e. The summed E-state index contributed by atoms with van der Waals surface area (Å²) in [4.78, 5) is 59.8. The molecule has 0 spiro atoms. The van der Waals surface area contributed by atoms with E-state index in [1.807, 2.05) is 12.1 Å². The van der Waals surface area contributed by atoms with E-state index >= 15 is 0 Å². The Hall–Kier alpha value is -3.25. The van der Waals surface area contributed by atoms with Crippen molar-refractivity contribution in [2.45, 2.75) is 109 Å². The quantitative estimate of drug-likeness (QED) is 0.221. The van der Waals surface area contributed by atoms with Crippen LogP contribution in [0.25, 0.3) is 0 Å². The van der Waals surface area contributed by atoms with Crippen LogP contribution in [0.3, 0.4) is 0 Å². The zero-order chi connectivity index (χ0) is 33.1. The molecule has 4 rings (SSSR count). The number of thiazole rings is 1. The molecule has 0 bridgehead atoms. The van der Waals surface area contributed by atoms with Crippen molar-refractivity contribution in [1.29, 1.82) is 0 Å². The average Bonchev–Trinajstić information content (AvgIpc) is 3.68. The van der Waals surface area contributed by atoms with Crippen LogP contribution in [0.5, 0.6) is 5.75 Å². The van der Waals surface area contributed by atoms with Gasteiger partial charge < -0.3 is 19.7 Å². The second-order valence-corrected chi connectivity index (χ2v) is 19.5. The number of hydrogen-bond acceptors (Lipinski definition) is 7. The number of carboxylic acid groups (broad SMARTS) is 1. The fourth-order valence-electron chi connectivity index (χ4n) is 5.77. The molecule has 2 aliphatic rings. The molecule has 1 aromatic carbocycles. The van der Waals surface area contributed by atoms with E-state index < -0.39 is 32.4 Å². The first-order chi connectivity index (χ1) is 21.1. The summed E-state index contributed by atoms with van der Waals surface area (Å²) < 4.78 is 6.42. The van der Waals surface area contributed by atoms with Crippen LogP contribution in [0.15, 0.2) is 29.6 Å². The highest BCUT2D eigenvalue weighted by molar-refractivity contribution is 7.10. The lowest BCUT2D eigenvalue weighted by Crippen LogP contribution is -2.56. The summed E-state index contributed by atoms with van der Waals surface area (Å²) in [6.07, 6.45) is 5.01. The number of carbonyl (C=O) groups is 4. The lowest BCUT2D eigenvalue weighted by molar-refractivity contribution is -0.140. The summed E-state index contributed by atoms with van der Waals surface area (Å²) in [5.74, 6) is -0.191. The molecule has 1 aliphatic carbocycles. The van der Waals surface area contributed by atoms with E-state index in [1.165, 1.54) is 25.3 Å². The minimum atomic E-state index is -2.08. The molecule has 2 fully saturated rings. The number of amides is 3. The number of benzene rings is 1. The van der Waals surface area contributed by atoms with Crippen molar-refractivity contribution in [3.05, 3.63) is 45.9 Å². The molecule has 2 N–H and O–H groups in total. The van der Waals surface area contributed by atoms with Crippen LogP contribution in [-0.2, 0) is 9.59 Å². The van der Waals surface area contributed by atoms with E-state index in [0.29, 0.717) is 35.0 Å². The topological polar surface area (TPSA) is 129 Å². The molecule has 2 aromatic rings.